The summed E-state index contributed by atoms with van der Waals surface area (Å²) in [5.74, 6) is 2.72. The number of nitrogens with two attached hydrogens (primary N) is 2. The number of carbonyl (C=O) groups excluding carboxylic acids is 2. The summed E-state index contributed by atoms with van der Waals surface area (Å²) in [5, 5.41) is 42.7. The number of Topliss-reactive ketones (excluding diaryl/α,β-unsaturated/α-hetero) is 1. The second-order valence-electron chi connectivity index (χ2n) is 20.6. The van der Waals surface area contributed by atoms with Gasteiger partial charge < -0.3 is 35.3 Å². The van der Waals surface area contributed by atoms with Crippen LogP contribution in [-0.2, 0) is 55.8 Å². The Morgan fingerprint density at radius 1 is 0.662 bits per heavy atom. The summed E-state index contributed by atoms with van der Waals surface area (Å²) in [6, 6.07) is 5.53. The van der Waals surface area contributed by atoms with Crippen LogP contribution in [0.5, 0.6) is 0 Å². The number of aliphatic hydroxyl groups excluding tert-OH is 2. The van der Waals surface area contributed by atoms with Crippen LogP contribution in [0.3, 0.4) is 0 Å². The third-order valence-corrected chi connectivity index (χ3v) is 17.4. The molecule has 3 aromatic heterocycles. The molecule has 3 saturated carbocycles. The van der Waals surface area contributed by atoms with Crippen molar-refractivity contribution in [1.29, 1.82) is 0 Å². The molecule has 0 saturated heterocycles. The van der Waals surface area contributed by atoms with Gasteiger partial charge in [-0.05, 0) is 130 Å². The second kappa shape index (κ2) is 21.8. The summed E-state index contributed by atoms with van der Waals surface area (Å²) in [6.07, 6.45) is 12.6. The molecule has 8 aliphatic rings. The smallest absolute Gasteiger partial charge is 1.00 e. The fourth-order valence-electron chi connectivity index (χ4n) is 11.7. The van der Waals surface area contributed by atoms with Gasteiger partial charge in [-0.2, -0.15) is 8.42 Å². The predicted molar refractivity (Wildman–Crippen MR) is 250 cm³/mol. The van der Waals surface area contributed by atoms with Gasteiger partial charge in [0.05, 0.1) is 17.8 Å². The minimum atomic E-state index is -4.18. The molecule has 12 rings (SSSR count). The molecule has 8 unspecified atom stereocenters. The number of aliphatic hydroxyl groups is 2. The summed E-state index contributed by atoms with van der Waals surface area (Å²) in [6.45, 7) is 4.90. The molecule has 3 heterocycles. The van der Waals surface area contributed by atoms with Gasteiger partial charge in [-0.25, -0.2) is 36.6 Å². The first-order chi connectivity index (χ1) is 31.8. The molecule has 0 spiro atoms. The first-order valence-corrected chi connectivity index (χ1v) is 28.0. The van der Waals surface area contributed by atoms with Gasteiger partial charge in [-0.15, -0.1) is 5.60 Å². The molecule has 375 valence electrons. The van der Waals surface area contributed by atoms with Crippen molar-refractivity contribution in [2.75, 3.05) is 5.32 Å². The average molecular weight is 1060 g/mol. The van der Waals surface area contributed by atoms with Crippen molar-refractivity contribution in [3.05, 3.63) is 80.5 Å². The number of nitrogens with one attached hydrogen (secondary N) is 2. The van der Waals surface area contributed by atoms with E-state index in [1.165, 1.54) is 29.3 Å². The van der Waals surface area contributed by atoms with Crippen molar-refractivity contribution >= 4 is 56.0 Å². The standard InChI is InChI=1S/C23H26N2O5S.C10H13NO4S.C10H11NO4S.C4H9O.B.2Na.H/c26-21-14-7-8-15(10-14)22-18(21)11-19(30-22)31(28,29)25-23(27)24-20-16-5-1-3-12(16)9-13-4-2-6-17(13)20;2*11-16(13,14)8-4-7-9(12)5-1-2-6(3-5)10(7)15-8;1-4(2,3)5;;;;/h9,11,14-15,21,26H,1-8,10H2,(H2,24,25,27);4-6,9,12H,1-3H2,(H2,11,13,14);4-6H,1-3H2,(H2,11,13,14);1-3H3;;;;/q;;;-1;;2*+1;-1. The Bertz CT molecular complexity index is 2960. The number of carbonyl (C=O) groups is 2. The number of aryl methyl sites for hydroxylation is 2. The Labute approximate surface area is 462 Å². The summed E-state index contributed by atoms with van der Waals surface area (Å²) < 4.78 is 88.7. The van der Waals surface area contributed by atoms with Crippen LogP contribution in [0.15, 0.2) is 52.8 Å². The molecular weight excluding hydrogens is 998 g/mol. The number of ketones is 1. The largest absolute Gasteiger partial charge is 1.00 e. The number of furan rings is 3. The van der Waals surface area contributed by atoms with E-state index in [1.54, 1.807) is 20.8 Å². The number of amides is 2. The maximum absolute atomic E-state index is 12.9. The summed E-state index contributed by atoms with van der Waals surface area (Å²) >= 11 is 0. The molecule has 0 aliphatic heterocycles. The summed E-state index contributed by atoms with van der Waals surface area (Å²) in [4.78, 5) is 24.7. The number of hydrogen-bond acceptors (Lipinski definition) is 14. The maximum Gasteiger partial charge on any atom is 1.00 e. The minimum absolute atomic E-state index is 0. The van der Waals surface area contributed by atoms with Crippen molar-refractivity contribution in [2.45, 2.75) is 168 Å². The number of benzene rings is 1. The van der Waals surface area contributed by atoms with E-state index in [9.17, 15) is 50.2 Å². The minimum Gasteiger partial charge on any atom is -1.00 e. The number of hydrogen-bond donors (Lipinski definition) is 6. The summed E-state index contributed by atoms with van der Waals surface area (Å²) in [5.41, 5.74) is 6.44. The van der Waals surface area contributed by atoms with Gasteiger partial charge in [0.15, 0.2) is 5.78 Å². The van der Waals surface area contributed by atoms with Crippen LogP contribution in [-0.4, -0.2) is 61.3 Å². The van der Waals surface area contributed by atoms with Crippen molar-refractivity contribution in [1.82, 2.24) is 4.72 Å². The van der Waals surface area contributed by atoms with E-state index >= 15 is 0 Å². The molecule has 3 fully saturated rings. The first-order valence-electron chi connectivity index (χ1n) is 23.4. The molecule has 1 aromatic carbocycles. The zero-order valence-corrected chi connectivity index (χ0v) is 47.2. The normalized spacial score (nSPS) is 25.8. The maximum atomic E-state index is 12.9. The van der Waals surface area contributed by atoms with Crippen LogP contribution < -0.4 is 84.5 Å². The molecule has 8 N–H and O–H groups in total. The van der Waals surface area contributed by atoms with Crippen LogP contribution in [0.2, 0.25) is 0 Å². The van der Waals surface area contributed by atoms with E-state index in [0.717, 1.165) is 113 Å². The third kappa shape index (κ3) is 12.1. The Balaban J connectivity index is 0.000000200. The van der Waals surface area contributed by atoms with E-state index in [4.69, 9.17) is 23.5 Å². The van der Waals surface area contributed by atoms with Crippen molar-refractivity contribution in [3.63, 3.8) is 0 Å². The summed E-state index contributed by atoms with van der Waals surface area (Å²) in [7, 11) is -11.9. The zero-order valence-electron chi connectivity index (χ0n) is 41.8. The SMILES string of the molecule is CC(C)(C)[O-].NS(=O)(=O)c1cc2c(o1)C1CCC(C1)C2=O.NS(=O)(=O)c1cc2c(o1)C1CCC(C1)C2O.O=C(Nc1c2c(cc3c1CCC3)CCC2)NS(=O)(=O)c1cc2c(o1)C1CCC(C1)C2O.[B].[H-].[Na+].[Na+]. The molecule has 8 aliphatic carbocycles. The van der Waals surface area contributed by atoms with Gasteiger partial charge in [0.2, 0.25) is 15.3 Å². The monoisotopic (exact) mass is 1060 g/mol. The fourth-order valence-corrected chi connectivity index (χ4v) is 13.6. The van der Waals surface area contributed by atoms with Crippen LogP contribution in [0, 0.1) is 17.8 Å². The number of fused-ring (bicyclic) bond motifs is 14. The molecule has 71 heavy (non-hydrogen) atoms. The van der Waals surface area contributed by atoms with Crippen LogP contribution in [0.1, 0.15) is 184 Å². The molecule has 4 aromatic rings. The molecule has 18 nitrogen and oxygen atoms in total. The predicted octanol–water partition coefficient (Wildman–Crippen LogP) is -0.552. The second-order valence-corrected chi connectivity index (χ2v) is 25.2. The van der Waals surface area contributed by atoms with Crippen molar-refractivity contribution in [3.8, 4) is 0 Å². The van der Waals surface area contributed by atoms with E-state index in [-0.39, 0.29) is 126 Å². The van der Waals surface area contributed by atoms with Gasteiger partial charge in [0.1, 0.15) is 17.3 Å². The van der Waals surface area contributed by atoms with Crippen molar-refractivity contribution in [2.24, 2.45) is 28.0 Å². The van der Waals surface area contributed by atoms with Crippen molar-refractivity contribution < 1.29 is 124 Å². The van der Waals surface area contributed by atoms with Crippen LogP contribution in [0.25, 0.3) is 0 Å². The van der Waals surface area contributed by atoms with Gasteiger partial charge in [-0.1, -0.05) is 26.8 Å². The molecule has 6 bridgehead atoms. The van der Waals surface area contributed by atoms with Gasteiger partial charge >= 0.3 is 65.1 Å². The van der Waals surface area contributed by atoms with Crippen LogP contribution in [0.4, 0.5) is 10.5 Å². The Kier molecular flexibility index (Phi) is 17.8. The Hall–Kier alpha value is -2.29. The molecule has 2 amide bonds. The number of primary sulfonamides is 2. The molecule has 3 radical (unpaired) electrons. The van der Waals surface area contributed by atoms with E-state index in [1.807, 2.05) is 0 Å². The van der Waals surface area contributed by atoms with Gasteiger partial charge in [0.25, 0.3) is 30.1 Å². The zero-order chi connectivity index (χ0) is 48.8. The van der Waals surface area contributed by atoms with E-state index in [2.05, 4.69) is 16.1 Å². The Morgan fingerprint density at radius 2 is 1.08 bits per heavy atom. The topological polar surface area (TPSA) is 316 Å². The average Bonchev–Trinajstić information content (AvgIpc) is 4.11. The van der Waals surface area contributed by atoms with E-state index < -0.39 is 53.9 Å². The number of anilines is 1. The quantitative estimate of drug-likeness (QED) is 0.137. The van der Waals surface area contributed by atoms with E-state index in [0.29, 0.717) is 34.0 Å². The third-order valence-electron chi connectivity index (χ3n) is 14.7. The molecule has 24 heteroatoms. The first kappa shape index (κ1) is 58.0. The van der Waals surface area contributed by atoms with Gasteiger partial charge in [0, 0.05) is 67.1 Å². The van der Waals surface area contributed by atoms with Crippen LogP contribution >= 0.6 is 0 Å². The number of urea groups is 1. The Morgan fingerprint density at radius 3 is 1.59 bits per heavy atom. The number of sulfonamides is 3. The number of rotatable bonds is 5. The molecule has 8 atom stereocenters. The van der Waals surface area contributed by atoms with Gasteiger partial charge in [-0.3, -0.25) is 4.79 Å². The fraction of sp³-hybridized carbons (Fsp3) is 0.574. The molecular formula is C47H60BN4Na2O14S3.